The number of benzene rings is 2. The summed E-state index contributed by atoms with van der Waals surface area (Å²) in [7, 11) is -2.42. The van der Waals surface area contributed by atoms with Crippen molar-refractivity contribution in [1.82, 2.24) is 5.32 Å². The molecule has 2 aromatic carbocycles. The van der Waals surface area contributed by atoms with Gasteiger partial charge in [0.05, 0.1) is 16.1 Å². The Morgan fingerprint density at radius 2 is 1.79 bits per heavy atom. The third kappa shape index (κ3) is 5.93. The first kappa shape index (κ1) is 24.8. The maximum Gasteiger partial charge on any atom is 0.338 e. The predicted octanol–water partition coefficient (Wildman–Crippen LogP) is 3.92. The molecule has 0 heterocycles. The van der Waals surface area contributed by atoms with E-state index in [0.717, 1.165) is 29.1 Å². The van der Waals surface area contributed by atoms with Crippen LogP contribution in [0.4, 0.5) is 5.69 Å². The molecular formula is C25H32N2O5S. The van der Waals surface area contributed by atoms with Crippen LogP contribution in [0, 0.1) is 18.8 Å². The van der Waals surface area contributed by atoms with Gasteiger partial charge in [-0.1, -0.05) is 50.5 Å². The third-order valence-corrected chi connectivity index (χ3v) is 8.29. The van der Waals surface area contributed by atoms with Gasteiger partial charge in [-0.25, -0.2) is 13.2 Å². The van der Waals surface area contributed by atoms with Gasteiger partial charge in [-0.3, -0.25) is 9.10 Å². The van der Waals surface area contributed by atoms with E-state index in [1.54, 1.807) is 12.1 Å². The number of esters is 1. The summed E-state index contributed by atoms with van der Waals surface area (Å²) in [4.78, 5) is 24.8. The molecule has 8 heteroatoms. The Morgan fingerprint density at radius 1 is 1.09 bits per heavy atom. The molecule has 0 saturated heterocycles. The number of nitrogens with one attached hydrogen (secondary N) is 1. The molecule has 1 aliphatic rings. The average Bonchev–Trinajstić information content (AvgIpc) is 2.80. The summed E-state index contributed by atoms with van der Waals surface area (Å²) in [5.41, 5.74) is 1.60. The summed E-state index contributed by atoms with van der Waals surface area (Å²) >= 11 is 0. The summed E-state index contributed by atoms with van der Waals surface area (Å²) in [5.74, 6) is -0.192. The Hall–Kier alpha value is -2.87. The second kappa shape index (κ2) is 10.4. The third-order valence-electron chi connectivity index (χ3n) is 6.51. The molecule has 178 valence electrons. The first-order valence-electron chi connectivity index (χ1n) is 11.2. The zero-order valence-corrected chi connectivity index (χ0v) is 20.4. The lowest BCUT2D eigenvalue weighted by molar-refractivity contribution is -0.125. The van der Waals surface area contributed by atoms with Gasteiger partial charge in [0.15, 0.2) is 6.61 Å². The zero-order valence-electron chi connectivity index (χ0n) is 19.6. The van der Waals surface area contributed by atoms with Gasteiger partial charge in [0.1, 0.15) is 0 Å². The minimum Gasteiger partial charge on any atom is -0.452 e. The van der Waals surface area contributed by atoms with Crippen molar-refractivity contribution in [3.63, 3.8) is 0 Å². The molecule has 1 aliphatic carbocycles. The van der Waals surface area contributed by atoms with Gasteiger partial charge in [0.25, 0.3) is 15.9 Å². The molecule has 3 rings (SSSR count). The van der Waals surface area contributed by atoms with E-state index >= 15 is 0 Å². The normalized spacial score (nSPS) is 20.7. The number of sulfonamides is 1. The molecule has 0 bridgehead atoms. The van der Waals surface area contributed by atoms with Crippen molar-refractivity contribution in [1.29, 1.82) is 0 Å². The van der Waals surface area contributed by atoms with Crippen LogP contribution in [0.5, 0.6) is 0 Å². The van der Waals surface area contributed by atoms with Crippen molar-refractivity contribution in [2.24, 2.45) is 11.8 Å². The van der Waals surface area contributed by atoms with Crippen LogP contribution in [0.25, 0.3) is 0 Å². The van der Waals surface area contributed by atoms with Crippen LogP contribution >= 0.6 is 0 Å². The number of hydrogen-bond acceptors (Lipinski definition) is 5. The van der Waals surface area contributed by atoms with Crippen LogP contribution in [0.1, 0.15) is 49.0 Å². The van der Waals surface area contributed by atoms with E-state index in [-0.39, 0.29) is 22.4 Å². The van der Waals surface area contributed by atoms with E-state index in [2.05, 4.69) is 19.2 Å². The quantitative estimate of drug-likeness (QED) is 0.617. The number of carbonyl (C=O) groups is 2. The van der Waals surface area contributed by atoms with E-state index in [4.69, 9.17) is 4.74 Å². The van der Waals surface area contributed by atoms with E-state index in [1.165, 1.54) is 31.3 Å². The van der Waals surface area contributed by atoms with Gasteiger partial charge in [-0.05, 0) is 55.5 Å². The lowest BCUT2D eigenvalue weighted by Crippen LogP contribution is -2.45. The molecule has 0 radical (unpaired) electrons. The van der Waals surface area contributed by atoms with Crippen molar-refractivity contribution >= 4 is 27.6 Å². The topological polar surface area (TPSA) is 92.8 Å². The number of anilines is 1. The molecular weight excluding hydrogens is 440 g/mol. The largest absolute Gasteiger partial charge is 0.452 e. The standard InChI is InChI=1S/C25H32N2O5S/c1-17-11-13-21(14-12-17)27(4)33(30,31)22-9-6-8-20(15-22)25(29)32-16-24(28)26-23-10-5-7-18(2)19(23)3/h6,8-9,11-15,18-19,23H,5,7,10,16H2,1-4H3,(H,26,28)/t18-,19-,23-/m0/s1. The maximum absolute atomic E-state index is 13.0. The molecule has 1 saturated carbocycles. The molecule has 0 aliphatic heterocycles. The van der Waals surface area contributed by atoms with Gasteiger partial charge < -0.3 is 10.1 Å². The summed E-state index contributed by atoms with van der Waals surface area (Å²) in [5, 5.41) is 2.96. The molecule has 2 aromatic rings. The minimum absolute atomic E-state index is 0.0329. The molecule has 0 spiro atoms. The van der Waals surface area contributed by atoms with Crippen molar-refractivity contribution in [2.75, 3.05) is 18.0 Å². The van der Waals surface area contributed by atoms with E-state index < -0.39 is 22.6 Å². The van der Waals surface area contributed by atoms with Crippen LogP contribution in [-0.2, 0) is 19.6 Å². The summed E-state index contributed by atoms with van der Waals surface area (Å²) in [6.45, 7) is 5.82. The highest BCUT2D eigenvalue weighted by Gasteiger charge is 2.28. The molecule has 7 nitrogen and oxygen atoms in total. The van der Waals surface area contributed by atoms with Crippen LogP contribution < -0.4 is 9.62 Å². The van der Waals surface area contributed by atoms with Gasteiger partial charge in [0, 0.05) is 13.1 Å². The Kier molecular flexibility index (Phi) is 7.79. The van der Waals surface area contributed by atoms with Crippen molar-refractivity contribution in [3.05, 3.63) is 59.7 Å². The SMILES string of the molecule is Cc1ccc(N(C)S(=O)(=O)c2cccc(C(=O)OCC(=O)N[C@H]3CCC[C@H](C)[C@@H]3C)c2)cc1. The Labute approximate surface area is 196 Å². The monoisotopic (exact) mass is 472 g/mol. The molecule has 33 heavy (non-hydrogen) atoms. The zero-order chi connectivity index (χ0) is 24.2. The fourth-order valence-electron chi connectivity index (χ4n) is 4.08. The first-order valence-corrected chi connectivity index (χ1v) is 12.7. The smallest absolute Gasteiger partial charge is 0.338 e. The molecule has 1 fully saturated rings. The van der Waals surface area contributed by atoms with Crippen molar-refractivity contribution in [2.45, 2.75) is 51.0 Å². The van der Waals surface area contributed by atoms with Crippen molar-refractivity contribution < 1.29 is 22.7 Å². The number of rotatable bonds is 7. The molecule has 1 N–H and O–H groups in total. The van der Waals surface area contributed by atoms with Gasteiger partial charge in [0.2, 0.25) is 0 Å². The van der Waals surface area contributed by atoms with E-state index in [0.29, 0.717) is 17.5 Å². The highest BCUT2D eigenvalue weighted by atomic mass is 32.2. The second-order valence-electron chi connectivity index (χ2n) is 8.85. The fourth-order valence-corrected chi connectivity index (χ4v) is 5.33. The lowest BCUT2D eigenvalue weighted by atomic mass is 9.78. The number of ether oxygens (including phenoxy) is 1. The summed E-state index contributed by atoms with van der Waals surface area (Å²) in [6, 6.07) is 12.8. The number of carbonyl (C=O) groups excluding carboxylic acids is 2. The van der Waals surface area contributed by atoms with Crippen LogP contribution in [0.15, 0.2) is 53.4 Å². The number of amides is 1. The Bertz CT molecular complexity index is 1100. The van der Waals surface area contributed by atoms with Crippen LogP contribution in [0.2, 0.25) is 0 Å². The number of nitrogens with zero attached hydrogens (tertiary/aromatic N) is 1. The molecule has 0 unspecified atom stereocenters. The fraction of sp³-hybridized carbons (Fsp3) is 0.440. The molecule has 3 atom stereocenters. The Morgan fingerprint density at radius 3 is 2.48 bits per heavy atom. The second-order valence-corrected chi connectivity index (χ2v) is 10.8. The summed E-state index contributed by atoms with van der Waals surface area (Å²) in [6.07, 6.45) is 3.13. The van der Waals surface area contributed by atoms with Crippen molar-refractivity contribution in [3.8, 4) is 0 Å². The van der Waals surface area contributed by atoms with Crippen LogP contribution in [0.3, 0.4) is 0 Å². The van der Waals surface area contributed by atoms with Crippen LogP contribution in [-0.4, -0.2) is 40.0 Å². The highest BCUT2D eigenvalue weighted by Crippen LogP contribution is 2.29. The van der Waals surface area contributed by atoms with E-state index in [1.807, 2.05) is 19.1 Å². The highest BCUT2D eigenvalue weighted by molar-refractivity contribution is 7.92. The predicted molar refractivity (Wildman–Crippen MR) is 128 cm³/mol. The number of aryl methyl sites for hydroxylation is 1. The van der Waals surface area contributed by atoms with Gasteiger partial charge in [-0.2, -0.15) is 0 Å². The molecule has 0 aromatic heterocycles. The average molecular weight is 473 g/mol. The summed E-state index contributed by atoms with van der Waals surface area (Å²) < 4.78 is 32.4. The minimum atomic E-state index is -3.88. The lowest BCUT2D eigenvalue weighted by Gasteiger charge is -2.34. The van der Waals surface area contributed by atoms with Gasteiger partial charge in [-0.15, -0.1) is 0 Å². The first-order chi connectivity index (χ1) is 15.6. The maximum atomic E-state index is 13.0. The van der Waals surface area contributed by atoms with Gasteiger partial charge >= 0.3 is 5.97 Å². The Balaban J connectivity index is 1.64. The number of hydrogen-bond donors (Lipinski definition) is 1. The molecule has 1 amide bonds. The van der Waals surface area contributed by atoms with E-state index in [9.17, 15) is 18.0 Å².